The SMILES string of the molecule is Cc1cccc(NC(=O)COc2cc(F)ccc2[N+](=O)[O-])c1. The number of halogens is 1. The number of rotatable bonds is 5. The lowest BCUT2D eigenvalue weighted by Crippen LogP contribution is -2.20. The number of amides is 1. The molecule has 114 valence electrons. The Kier molecular flexibility index (Phi) is 4.67. The third kappa shape index (κ3) is 4.02. The van der Waals surface area contributed by atoms with Gasteiger partial charge in [-0.25, -0.2) is 4.39 Å². The molecule has 0 heterocycles. The van der Waals surface area contributed by atoms with E-state index >= 15 is 0 Å². The molecule has 0 spiro atoms. The summed E-state index contributed by atoms with van der Waals surface area (Å²) in [5, 5.41) is 13.4. The average Bonchev–Trinajstić information content (AvgIpc) is 2.45. The van der Waals surface area contributed by atoms with E-state index in [0.29, 0.717) is 5.69 Å². The van der Waals surface area contributed by atoms with Gasteiger partial charge in [-0.05, 0) is 30.7 Å². The molecule has 1 amide bonds. The fraction of sp³-hybridized carbons (Fsp3) is 0.133. The fourth-order valence-corrected chi connectivity index (χ4v) is 1.82. The lowest BCUT2D eigenvalue weighted by molar-refractivity contribution is -0.385. The molecule has 22 heavy (non-hydrogen) atoms. The first-order valence-electron chi connectivity index (χ1n) is 6.39. The standard InChI is InChI=1S/C15H13FN2O4/c1-10-3-2-4-12(7-10)17-15(19)9-22-14-8-11(16)5-6-13(14)18(20)21/h2-8H,9H2,1H3,(H,17,19). The summed E-state index contributed by atoms with van der Waals surface area (Å²) in [5.41, 5.74) is 1.16. The van der Waals surface area contributed by atoms with Gasteiger partial charge < -0.3 is 10.1 Å². The van der Waals surface area contributed by atoms with E-state index in [4.69, 9.17) is 4.74 Å². The second-order valence-corrected chi connectivity index (χ2v) is 4.58. The normalized spacial score (nSPS) is 10.1. The molecular weight excluding hydrogens is 291 g/mol. The van der Waals surface area contributed by atoms with Gasteiger partial charge in [0.05, 0.1) is 4.92 Å². The maximum absolute atomic E-state index is 13.1. The molecule has 0 unspecified atom stereocenters. The monoisotopic (exact) mass is 304 g/mol. The van der Waals surface area contributed by atoms with E-state index in [1.54, 1.807) is 18.2 Å². The number of nitro groups is 1. The van der Waals surface area contributed by atoms with Crippen molar-refractivity contribution in [3.8, 4) is 5.75 Å². The Morgan fingerprint density at radius 1 is 1.32 bits per heavy atom. The topological polar surface area (TPSA) is 81.5 Å². The molecular formula is C15H13FN2O4. The third-order valence-electron chi connectivity index (χ3n) is 2.78. The van der Waals surface area contributed by atoms with Crippen LogP contribution < -0.4 is 10.1 Å². The van der Waals surface area contributed by atoms with Crippen LogP contribution in [0.3, 0.4) is 0 Å². The van der Waals surface area contributed by atoms with Gasteiger partial charge in [0.25, 0.3) is 5.91 Å². The Morgan fingerprint density at radius 3 is 2.77 bits per heavy atom. The van der Waals surface area contributed by atoms with Gasteiger partial charge in [0.2, 0.25) is 5.75 Å². The molecule has 0 radical (unpaired) electrons. The number of nitro benzene ring substituents is 1. The number of ether oxygens (including phenoxy) is 1. The molecule has 0 aromatic heterocycles. The zero-order chi connectivity index (χ0) is 16.1. The molecule has 0 bridgehead atoms. The van der Waals surface area contributed by atoms with E-state index in [9.17, 15) is 19.3 Å². The summed E-state index contributed by atoms with van der Waals surface area (Å²) >= 11 is 0. The fourth-order valence-electron chi connectivity index (χ4n) is 1.82. The number of nitrogens with zero attached hydrogens (tertiary/aromatic N) is 1. The van der Waals surface area contributed by atoms with Gasteiger partial charge in [0.15, 0.2) is 6.61 Å². The van der Waals surface area contributed by atoms with Crippen LogP contribution in [0.25, 0.3) is 0 Å². The van der Waals surface area contributed by atoms with Gasteiger partial charge in [-0.2, -0.15) is 0 Å². The first kappa shape index (κ1) is 15.4. The zero-order valence-corrected chi connectivity index (χ0v) is 11.7. The van der Waals surface area contributed by atoms with Gasteiger partial charge in [0.1, 0.15) is 5.82 Å². The lowest BCUT2D eigenvalue weighted by Gasteiger charge is -2.08. The van der Waals surface area contributed by atoms with Crippen molar-refractivity contribution >= 4 is 17.3 Å². The van der Waals surface area contributed by atoms with Crippen LogP contribution in [0.4, 0.5) is 15.8 Å². The number of anilines is 1. The summed E-state index contributed by atoms with van der Waals surface area (Å²) in [6, 6.07) is 9.95. The molecule has 0 atom stereocenters. The second-order valence-electron chi connectivity index (χ2n) is 4.58. The van der Waals surface area contributed by atoms with E-state index in [1.807, 2.05) is 13.0 Å². The summed E-state index contributed by atoms with van der Waals surface area (Å²) < 4.78 is 18.2. The van der Waals surface area contributed by atoms with Crippen molar-refractivity contribution in [2.45, 2.75) is 6.92 Å². The third-order valence-corrected chi connectivity index (χ3v) is 2.78. The van der Waals surface area contributed by atoms with Gasteiger partial charge >= 0.3 is 5.69 Å². The zero-order valence-electron chi connectivity index (χ0n) is 11.7. The molecule has 2 aromatic carbocycles. The molecule has 1 N–H and O–H groups in total. The van der Waals surface area contributed by atoms with Crippen molar-refractivity contribution in [3.05, 3.63) is 64.0 Å². The number of benzene rings is 2. The van der Waals surface area contributed by atoms with Crippen molar-refractivity contribution in [1.29, 1.82) is 0 Å². The van der Waals surface area contributed by atoms with Crippen LogP contribution in [0.15, 0.2) is 42.5 Å². The molecule has 6 nitrogen and oxygen atoms in total. The van der Waals surface area contributed by atoms with Crippen molar-refractivity contribution in [2.24, 2.45) is 0 Å². The van der Waals surface area contributed by atoms with E-state index < -0.39 is 28.9 Å². The molecule has 2 aromatic rings. The van der Waals surface area contributed by atoms with Crippen molar-refractivity contribution in [1.82, 2.24) is 0 Å². The number of carbonyl (C=O) groups excluding carboxylic acids is 1. The largest absolute Gasteiger partial charge is 0.477 e. The number of carbonyl (C=O) groups is 1. The highest BCUT2D eigenvalue weighted by Crippen LogP contribution is 2.27. The number of aryl methyl sites for hydroxylation is 1. The van der Waals surface area contributed by atoms with Crippen molar-refractivity contribution in [3.63, 3.8) is 0 Å². The first-order valence-corrected chi connectivity index (χ1v) is 6.39. The number of hydrogen-bond donors (Lipinski definition) is 1. The van der Waals surface area contributed by atoms with Crippen LogP contribution in [-0.4, -0.2) is 17.4 Å². The smallest absolute Gasteiger partial charge is 0.311 e. The second kappa shape index (κ2) is 6.66. The Morgan fingerprint density at radius 2 is 2.09 bits per heavy atom. The molecule has 0 fully saturated rings. The van der Waals surface area contributed by atoms with E-state index in [1.165, 1.54) is 0 Å². The predicted octanol–water partition coefficient (Wildman–Crippen LogP) is 3.06. The molecule has 7 heteroatoms. The summed E-state index contributed by atoms with van der Waals surface area (Å²) in [6.45, 7) is 1.42. The summed E-state index contributed by atoms with van der Waals surface area (Å²) in [7, 11) is 0. The van der Waals surface area contributed by atoms with Crippen LogP contribution in [-0.2, 0) is 4.79 Å². The van der Waals surface area contributed by atoms with Gasteiger partial charge in [-0.1, -0.05) is 12.1 Å². The van der Waals surface area contributed by atoms with Gasteiger partial charge in [0, 0.05) is 17.8 Å². The minimum absolute atomic E-state index is 0.288. The molecule has 2 rings (SSSR count). The molecule has 0 saturated heterocycles. The Bertz CT molecular complexity index is 718. The molecule has 0 saturated carbocycles. The lowest BCUT2D eigenvalue weighted by atomic mass is 10.2. The summed E-state index contributed by atoms with van der Waals surface area (Å²) in [6.07, 6.45) is 0. The van der Waals surface area contributed by atoms with E-state index in [0.717, 1.165) is 23.8 Å². The highest BCUT2D eigenvalue weighted by molar-refractivity contribution is 5.92. The van der Waals surface area contributed by atoms with Crippen molar-refractivity contribution in [2.75, 3.05) is 11.9 Å². The Labute approximate surface area is 125 Å². The van der Waals surface area contributed by atoms with Crippen molar-refractivity contribution < 1.29 is 18.8 Å². The Balaban J connectivity index is 2.02. The average molecular weight is 304 g/mol. The number of hydrogen-bond acceptors (Lipinski definition) is 4. The minimum atomic E-state index is -0.701. The van der Waals surface area contributed by atoms with Gasteiger partial charge in [-0.3, -0.25) is 14.9 Å². The maximum atomic E-state index is 13.1. The van der Waals surface area contributed by atoms with E-state index in [-0.39, 0.29) is 5.75 Å². The molecule has 0 aliphatic carbocycles. The van der Waals surface area contributed by atoms with E-state index in [2.05, 4.69) is 5.32 Å². The summed E-state index contributed by atoms with van der Waals surface area (Å²) in [5.74, 6) is -1.46. The van der Waals surface area contributed by atoms with Crippen LogP contribution >= 0.6 is 0 Å². The quantitative estimate of drug-likeness (QED) is 0.680. The first-order chi connectivity index (χ1) is 10.5. The molecule has 0 aliphatic rings. The Hall–Kier alpha value is -2.96. The molecule has 0 aliphatic heterocycles. The van der Waals surface area contributed by atoms with Gasteiger partial charge in [-0.15, -0.1) is 0 Å². The van der Waals surface area contributed by atoms with Crippen LogP contribution in [0.1, 0.15) is 5.56 Å². The minimum Gasteiger partial charge on any atom is -0.477 e. The maximum Gasteiger partial charge on any atom is 0.311 e. The van der Waals surface area contributed by atoms with Crippen LogP contribution in [0, 0.1) is 22.9 Å². The predicted molar refractivity (Wildman–Crippen MR) is 78.4 cm³/mol. The highest BCUT2D eigenvalue weighted by atomic mass is 19.1. The summed E-state index contributed by atoms with van der Waals surface area (Å²) in [4.78, 5) is 21.9. The van der Waals surface area contributed by atoms with Crippen LogP contribution in [0.5, 0.6) is 5.75 Å². The highest BCUT2D eigenvalue weighted by Gasteiger charge is 2.17. The number of nitrogens with one attached hydrogen (secondary N) is 1. The van der Waals surface area contributed by atoms with Crippen LogP contribution in [0.2, 0.25) is 0 Å².